The molecule has 6 nitrogen and oxygen atoms in total. The molecule has 110 valence electrons. The molecule has 0 saturated carbocycles. The van der Waals surface area contributed by atoms with E-state index < -0.39 is 5.97 Å². The van der Waals surface area contributed by atoms with Gasteiger partial charge in [0, 0.05) is 19.6 Å². The lowest BCUT2D eigenvalue weighted by molar-refractivity contribution is -0.145. The fourth-order valence-corrected chi connectivity index (χ4v) is 2.23. The van der Waals surface area contributed by atoms with Crippen LogP contribution < -0.4 is 0 Å². The maximum atomic E-state index is 11.7. The van der Waals surface area contributed by atoms with E-state index in [2.05, 4.69) is 9.80 Å². The van der Waals surface area contributed by atoms with E-state index in [1.165, 1.54) is 0 Å². The van der Waals surface area contributed by atoms with Crippen molar-refractivity contribution >= 4 is 11.8 Å². The van der Waals surface area contributed by atoms with Crippen molar-refractivity contribution in [2.24, 2.45) is 0 Å². The third kappa shape index (κ3) is 6.66. The first-order chi connectivity index (χ1) is 9.15. The van der Waals surface area contributed by atoms with Gasteiger partial charge in [-0.15, -0.1) is 0 Å². The molecule has 0 aromatic carbocycles. The number of esters is 1. The van der Waals surface area contributed by atoms with Gasteiger partial charge < -0.3 is 9.84 Å². The summed E-state index contributed by atoms with van der Waals surface area (Å²) in [6, 6.07) is 0. The maximum absolute atomic E-state index is 11.7. The number of Topliss-reactive ketones (excluding diaryl/α,β-unsaturated/α-hetero) is 1. The van der Waals surface area contributed by atoms with Crippen molar-refractivity contribution in [2.45, 2.75) is 19.8 Å². The molecule has 1 aliphatic heterocycles. The van der Waals surface area contributed by atoms with Crippen molar-refractivity contribution in [1.82, 2.24) is 9.80 Å². The Morgan fingerprint density at radius 3 is 2.53 bits per heavy atom. The molecule has 0 radical (unpaired) electrons. The van der Waals surface area contributed by atoms with Gasteiger partial charge in [-0.2, -0.15) is 0 Å². The summed E-state index contributed by atoms with van der Waals surface area (Å²) >= 11 is 0. The molecule has 1 heterocycles. The standard InChI is InChI=1S/C13H24N2O4/c1-2-19-13(18)10-12(17)11-15-5-3-4-14(6-7-15)8-9-16/h16H,2-11H2,1H3. The van der Waals surface area contributed by atoms with Gasteiger partial charge in [-0.25, -0.2) is 0 Å². The number of nitrogens with zero attached hydrogens (tertiary/aromatic N) is 2. The highest BCUT2D eigenvalue weighted by atomic mass is 16.5. The molecule has 1 rings (SSSR count). The summed E-state index contributed by atoms with van der Waals surface area (Å²) in [7, 11) is 0. The summed E-state index contributed by atoms with van der Waals surface area (Å²) in [5, 5.41) is 8.91. The minimum atomic E-state index is -0.441. The zero-order chi connectivity index (χ0) is 14.1. The van der Waals surface area contributed by atoms with Crippen LogP contribution in [0.1, 0.15) is 19.8 Å². The first-order valence-corrected chi connectivity index (χ1v) is 6.88. The van der Waals surface area contributed by atoms with Gasteiger partial charge in [0.05, 0.1) is 19.8 Å². The van der Waals surface area contributed by atoms with Crippen LogP contribution in [0.4, 0.5) is 0 Å². The number of β-amino-alcohol motifs (C(OH)–C–C–N with tert-alkyl or cyclic N) is 1. The van der Waals surface area contributed by atoms with E-state index in [1.807, 2.05) is 0 Å². The summed E-state index contributed by atoms with van der Waals surface area (Å²) < 4.78 is 4.76. The number of aliphatic hydroxyl groups is 1. The van der Waals surface area contributed by atoms with Crippen LogP contribution in [0.25, 0.3) is 0 Å². The van der Waals surface area contributed by atoms with Crippen molar-refractivity contribution in [3.05, 3.63) is 0 Å². The molecular weight excluding hydrogens is 248 g/mol. The molecule has 19 heavy (non-hydrogen) atoms. The highest BCUT2D eigenvalue weighted by molar-refractivity contribution is 5.96. The Labute approximate surface area is 114 Å². The molecular formula is C13H24N2O4. The minimum Gasteiger partial charge on any atom is -0.466 e. The Bertz CT molecular complexity index is 296. The molecule has 1 saturated heterocycles. The lowest BCUT2D eigenvalue weighted by Crippen LogP contribution is -2.35. The van der Waals surface area contributed by atoms with Crippen molar-refractivity contribution in [3.63, 3.8) is 0 Å². The normalized spacial score (nSPS) is 18.0. The molecule has 0 aliphatic carbocycles. The van der Waals surface area contributed by atoms with Gasteiger partial charge in [0.25, 0.3) is 0 Å². The largest absolute Gasteiger partial charge is 0.466 e. The van der Waals surface area contributed by atoms with Crippen molar-refractivity contribution in [1.29, 1.82) is 0 Å². The molecule has 0 bridgehead atoms. The van der Waals surface area contributed by atoms with Gasteiger partial charge in [0.15, 0.2) is 5.78 Å². The SMILES string of the molecule is CCOC(=O)CC(=O)CN1CCCN(CCO)CC1. The van der Waals surface area contributed by atoms with E-state index in [1.54, 1.807) is 6.92 Å². The Kier molecular flexibility index (Phi) is 7.62. The Morgan fingerprint density at radius 2 is 1.84 bits per heavy atom. The second-order valence-corrected chi connectivity index (χ2v) is 4.72. The second-order valence-electron chi connectivity index (χ2n) is 4.72. The van der Waals surface area contributed by atoms with E-state index in [4.69, 9.17) is 9.84 Å². The number of ketones is 1. The third-order valence-electron chi connectivity index (χ3n) is 3.14. The van der Waals surface area contributed by atoms with E-state index in [0.29, 0.717) is 19.7 Å². The fourth-order valence-electron chi connectivity index (χ4n) is 2.23. The van der Waals surface area contributed by atoms with Gasteiger partial charge in [-0.05, 0) is 26.4 Å². The zero-order valence-corrected chi connectivity index (χ0v) is 11.6. The monoisotopic (exact) mass is 272 g/mol. The third-order valence-corrected chi connectivity index (χ3v) is 3.14. The highest BCUT2D eigenvalue weighted by Crippen LogP contribution is 2.03. The van der Waals surface area contributed by atoms with Crippen LogP contribution >= 0.6 is 0 Å². The van der Waals surface area contributed by atoms with Crippen molar-refractivity contribution in [3.8, 4) is 0 Å². The minimum absolute atomic E-state index is 0.0888. The first-order valence-electron chi connectivity index (χ1n) is 6.88. The molecule has 0 spiro atoms. The Balaban J connectivity index is 2.28. The molecule has 1 aliphatic rings. The molecule has 0 aromatic rings. The highest BCUT2D eigenvalue weighted by Gasteiger charge is 2.18. The number of carbonyl (C=O) groups excluding carboxylic acids is 2. The number of carbonyl (C=O) groups is 2. The van der Waals surface area contributed by atoms with E-state index >= 15 is 0 Å². The van der Waals surface area contributed by atoms with E-state index in [9.17, 15) is 9.59 Å². The Hall–Kier alpha value is -0.980. The summed E-state index contributed by atoms with van der Waals surface area (Å²) in [5.41, 5.74) is 0. The van der Waals surface area contributed by atoms with Gasteiger partial charge in [-0.1, -0.05) is 0 Å². The first kappa shape index (κ1) is 16.1. The molecule has 0 unspecified atom stereocenters. The van der Waals surface area contributed by atoms with E-state index in [-0.39, 0.29) is 18.8 Å². The number of hydrogen-bond donors (Lipinski definition) is 1. The average Bonchev–Trinajstić information content (AvgIpc) is 2.55. The van der Waals surface area contributed by atoms with Gasteiger partial charge in [0.2, 0.25) is 0 Å². The zero-order valence-electron chi connectivity index (χ0n) is 11.6. The van der Waals surface area contributed by atoms with Crippen LogP contribution in [0, 0.1) is 0 Å². The lowest BCUT2D eigenvalue weighted by Gasteiger charge is -2.20. The lowest BCUT2D eigenvalue weighted by atomic mass is 10.2. The van der Waals surface area contributed by atoms with Crippen molar-refractivity contribution < 1.29 is 19.4 Å². The number of aliphatic hydroxyl groups excluding tert-OH is 1. The molecule has 0 aromatic heterocycles. The maximum Gasteiger partial charge on any atom is 0.313 e. The fraction of sp³-hybridized carbons (Fsp3) is 0.846. The van der Waals surface area contributed by atoms with Crippen LogP contribution in [0.3, 0.4) is 0 Å². The predicted molar refractivity (Wildman–Crippen MR) is 70.8 cm³/mol. The molecule has 1 N–H and O–H groups in total. The Morgan fingerprint density at radius 1 is 1.16 bits per heavy atom. The van der Waals surface area contributed by atoms with Crippen LogP contribution in [0.2, 0.25) is 0 Å². The topological polar surface area (TPSA) is 70.1 Å². The van der Waals surface area contributed by atoms with E-state index in [0.717, 1.165) is 32.6 Å². The molecule has 6 heteroatoms. The van der Waals surface area contributed by atoms with Gasteiger partial charge in [-0.3, -0.25) is 19.4 Å². The number of rotatable bonds is 7. The van der Waals surface area contributed by atoms with Crippen LogP contribution in [0.15, 0.2) is 0 Å². The predicted octanol–water partition coefficient (Wildman–Crippen LogP) is -0.491. The average molecular weight is 272 g/mol. The van der Waals surface area contributed by atoms with Crippen LogP contribution in [-0.4, -0.2) is 79.1 Å². The quantitative estimate of drug-likeness (QED) is 0.498. The summed E-state index contributed by atoms with van der Waals surface area (Å²) in [6.45, 7) is 6.67. The smallest absolute Gasteiger partial charge is 0.313 e. The van der Waals surface area contributed by atoms with Crippen LogP contribution in [0.5, 0.6) is 0 Å². The molecule has 1 fully saturated rings. The molecule has 0 amide bonds. The molecule has 0 atom stereocenters. The second kappa shape index (κ2) is 9.01. The van der Waals surface area contributed by atoms with Crippen molar-refractivity contribution in [2.75, 3.05) is 52.5 Å². The summed E-state index contributed by atoms with van der Waals surface area (Å²) in [6.07, 6.45) is 0.845. The summed E-state index contributed by atoms with van der Waals surface area (Å²) in [5.74, 6) is -0.529. The number of ether oxygens (including phenoxy) is 1. The number of hydrogen-bond acceptors (Lipinski definition) is 6. The summed E-state index contributed by atoms with van der Waals surface area (Å²) in [4.78, 5) is 27.2. The van der Waals surface area contributed by atoms with Gasteiger partial charge in [0.1, 0.15) is 6.42 Å². The van der Waals surface area contributed by atoms with Gasteiger partial charge >= 0.3 is 5.97 Å². The van der Waals surface area contributed by atoms with Crippen LogP contribution in [-0.2, 0) is 14.3 Å².